The third-order valence-corrected chi connectivity index (χ3v) is 4.63. The average molecular weight is 403 g/mol. The minimum atomic E-state index is -4.61. The Morgan fingerprint density at radius 3 is 2.64 bits per heavy atom. The van der Waals surface area contributed by atoms with Gasteiger partial charge in [0.2, 0.25) is 11.7 Å². The van der Waals surface area contributed by atoms with Crippen LogP contribution in [0.15, 0.2) is 28.7 Å². The number of nitrogens with zero attached hydrogens (tertiary/aromatic N) is 1. The molecule has 0 saturated carbocycles. The first kappa shape index (κ1) is 22.0. The summed E-state index contributed by atoms with van der Waals surface area (Å²) in [6, 6.07) is 1.62. The van der Waals surface area contributed by atoms with Crippen LogP contribution in [0.25, 0.3) is 0 Å². The van der Waals surface area contributed by atoms with Crippen LogP contribution in [0.5, 0.6) is 0 Å². The Kier molecular flexibility index (Phi) is 7.68. The molecule has 0 aliphatic carbocycles. The van der Waals surface area contributed by atoms with E-state index in [9.17, 15) is 27.9 Å². The molecule has 1 aliphatic rings. The number of hydrogen-bond donors (Lipinski definition) is 2. The van der Waals surface area contributed by atoms with E-state index >= 15 is 0 Å². The average Bonchev–Trinajstić information content (AvgIpc) is 3.23. The number of aliphatic hydroxyl groups excluding tert-OH is 1. The highest BCUT2D eigenvalue weighted by atomic mass is 19.4. The van der Waals surface area contributed by atoms with E-state index in [0.717, 1.165) is 31.4 Å². The molecular weight excluding hydrogens is 379 g/mol. The lowest BCUT2D eigenvalue weighted by molar-refractivity contribution is -0.153. The molecule has 2 rings (SSSR count). The quantitative estimate of drug-likeness (QED) is 0.457. The second-order valence-corrected chi connectivity index (χ2v) is 6.78. The van der Waals surface area contributed by atoms with Crippen LogP contribution in [-0.2, 0) is 15.8 Å². The monoisotopic (exact) mass is 403 g/mol. The number of carboxylic acid groups (broad SMARTS) is 1. The van der Waals surface area contributed by atoms with E-state index in [-0.39, 0.29) is 24.1 Å². The molecule has 9 heteroatoms. The largest absolute Gasteiger partial charge is 0.481 e. The molecule has 1 fully saturated rings. The van der Waals surface area contributed by atoms with Crippen molar-refractivity contribution < 1.29 is 37.4 Å². The van der Waals surface area contributed by atoms with Crippen LogP contribution < -0.4 is 0 Å². The van der Waals surface area contributed by atoms with Gasteiger partial charge >= 0.3 is 12.1 Å². The number of likely N-dealkylation sites (tertiary alicyclic amines) is 1. The summed E-state index contributed by atoms with van der Waals surface area (Å²) in [6.07, 6.45) is 1.03. The predicted molar refractivity (Wildman–Crippen MR) is 93.3 cm³/mol. The Bertz CT molecular complexity index is 698. The topological polar surface area (TPSA) is 91.0 Å². The van der Waals surface area contributed by atoms with Gasteiger partial charge in [0, 0.05) is 19.4 Å². The number of halogens is 3. The summed E-state index contributed by atoms with van der Waals surface area (Å²) in [4.78, 5) is 24.2. The SMILES string of the molecule is O=C(O)CCCCCCN1C(=O)CCC1C=CC(O)c1ccc(C(F)(F)F)o1. The lowest BCUT2D eigenvalue weighted by Gasteiger charge is -2.22. The Labute approximate surface area is 160 Å². The molecule has 1 amide bonds. The second-order valence-electron chi connectivity index (χ2n) is 6.78. The molecule has 28 heavy (non-hydrogen) atoms. The fourth-order valence-corrected chi connectivity index (χ4v) is 3.15. The third-order valence-electron chi connectivity index (χ3n) is 4.63. The lowest BCUT2D eigenvalue weighted by Crippen LogP contribution is -2.32. The molecule has 1 saturated heterocycles. The summed E-state index contributed by atoms with van der Waals surface area (Å²) in [5, 5.41) is 18.6. The van der Waals surface area contributed by atoms with Gasteiger partial charge in [0.25, 0.3) is 0 Å². The van der Waals surface area contributed by atoms with E-state index in [0.29, 0.717) is 25.8 Å². The van der Waals surface area contributed by atoms with Gasteiger partial charge in [-0.1, -0.05) is 25.0 Å². The van der Waals surface area contributed by atoms with Crippen LogP contribution in [0, 0.1) is 0 Å². The summed E-state index contributed by atoms with van der Waals surface area (Å²) in [5.41, 5.74) is 0. The van der Waals surface area contributed by atoms with Gasteiger partial charge in [-0.2, -0.15) is 13.2 Å². The summed E-state index contributed by atoms with van der Waals surface area (Å²) in [6.45, 7) is 0.524. The number of rotatable bonds is 10. The first-order valence-electron chi connectivity index (χ1n) is 9.23. The number of hydrogen-bond acceptors (Lipinski definition) is 4. The van der Waals surface area contributed by atoms with Crippen molar-refractivity contribution in [2.24, 2.45) is 0 Å². The van der Waals surface area contributed by atoms with Crippen molar-refractivity contribution >= 4 is 11.9 Å². The minimum Gasteiger partial charge on any atom is -0.481 e. The fourth-order valence-electron chi connectivity index (χ4n) is 3.15. The Morgan fingerprint density at radius 2 is 2.00 bits per heavy atom. The standard InChI is InChI=1S/C19H24F3NO5/c20-19(21,22)16-10-9-15(28-16)14(24)8-6-13-7-11-17(25)23(13)12-4-2-1-3-5-18(26)27/h6,8-10,13-14,24H,1-5,7,11-12H2,(H,26,27). The molecule has 2 heterocycles. The second kappa shape index (κ2) is 9.77. The van der Waals surface area contributed by atoms with E-state index in [4.69, 9.17) is 5.11 Å². The van der Waals surface area contributed by atoms with Gasteiger partial charge in [-0.25, -0.2) is 0 Å². The van der Waals surface area contributed by atoms with Crippen LogP contribution >= 0.6 is 0 Å². The van der Waals surface area contributed by atoms with Crippen LogP contribution in [0.2, 0.25) is 0 Å². The van der Waals surface area contributed by atoms with Crippen LogP contribution in [0.3, 0.4) is 0 Å². The number of carbonyl (C=O) groups excluding carboxylic acids is 1. The van der Waals surface area contributed by atoms with Crippen LogP contribution in [0.1, 0.15) is 62.6 Å². The highest BCUT2D eigenvalue weighted by Gasteiger charge is 2.35. The van der Waals surface area contributed by atoms with Crippen LogP contribution in [-0.4, -0.2) is 39.6 Å². The first-order valence-corrected chi connectivity index (χ1v) is 9.23. The number of aliphatic carboxylic acids is 1. The zero-order valence-corrected chi connectivity index (χ0v) is 15.3. The van der Waals surface area contributed by atoms with Gasteiger partial charge in [0.15, 0.2) is 0 Å². The molecule has 0 radical (unpaired) electrons. The van der Waals surface area contributed by atoms with Crippen molar-refractivity contribution in [1.82, 2.24) is 4.90 Å². The number of furan rings is 1. The first-order chi connectivity index (χ1) is 13.2. The Morgan fingerprint density at radius 1 is 1.29 bits per heavy atom. The maximum Gasteiger partial charge on any atom is 0.449 e. The van der Waals surface area contributed by atoms with Crippen molar-refractivity contribution in [3.63, 3.8) is 0 Å². The number of unbranched alkanes of at least 4 members (excludes halogenated alkanes) is 3. The molecule has 1 aromatic rings. The summed E-state index contributed by atoms with van der Waals surface area (Å²) < 4.78 is 42.3. The maximum atomic E-state index is 12.6. The van der Waals surface area contributed by atoms with Gasteiger partial charge in [-0.15, -0.1) is 0 Å². The van der Waals surface area contributed by atoms with Crippen molar-refractivity contribution in [2.75, 3.05) is 6.54 Å². The molecule has 1 aromatic heterocycles. The molecule has 2 unspecified atom stereocenters. The number of carbonyl (C=O) groups is 2. The summed E-state index contributed by atoms with van der Waals surface area (Å²) in [7, 11) is 0. The molecule has 0 spiro atoms. The Hall–Kier alpha value is -2.29. The van der Waals surface area contributed by atoms with Gasteiger partial charge in [-0.3, -0.25) is 9.59 Å². The molecule has 0 bridgehead atoms. The maximum absolute atomic E-state index is 12.6. The molecule has 156 valence electrons. The van der Waals surface area contributed by atoms with Gasteiger partial charge < -0.3 is 19.5 Å². The van der Waals surface area contributed by atoms with Crippen molar-refractivity contribution in [2.45, 2.75) is 63.3 Å². The van der Waals surface area contributed by atoms with Crippen molar-refractivity contribution in [1.29, 1.82) is 0 Å². The van der Waals surface area contributed by atoms with Crippen molar-refractivity contribution in [3.05, 3.63) is 35.8 Å². The lowest BCUT2D eigenvalue weighted by atomic mass is 10.1. The zero-order chi connectivity index (χ0) is 20.7. The molecule has 6 nitrogen and oxygen atoms in total. The number of amides is 1. The fraction of sp³-hybridized carbons (Fsp3) is 0.579. The third kappa shape index (κ3) is 6.40. The van der Waals surface area contributed by atoms with E-state index in [2.05, 4.69) is 4.42 Å². The van der Waals surface area contributed by atoms with E-state index < -0.39 is 24.0 Å². The van der Waals surface area contributed by atoms with Gasteiger partial charge in [0.1, 0.15) is 11.9 Å². The van der Waals surface area contributed by atoms with E-state index in [1.165, 1.54) is 6.08 Å². The smallest absolute Gasteiger partial charge is 0.449 e. The molecular formula is C19H24F3NO5. The highest BCUT2D eigenvalue weighted by molar-refractivity contribution is 5.79. The summed E-state index contributed by atoms with van der Waals surface area (Å²) in [5.74, 6) is -2.21. The molecule has 2 atom stereocenters. The van der Waals surface area contributed by atoms with E-state index in [1.807, 2.05) is 0 Å². The number of carboxylic acids is 1. The summed E-state index contributed by atoms with van der Waals surface area (Å²) >= 11 is 0. The number of alkyl halides is 3. The van der Waals surface area contributed by atoms with Gasteiger partial charge in [0.05, 0.1) is 6.04 Å². The molecule has 1 aliphatic heterocycles. The molecule has 2 N–H and O–H groups in total. The predicted octanol–water partition coefficient (Wildman–Crippen LogP) is 3.91. The molecule has 0 aromatic carbocycles. The van der Waals surface area contributed by atoms with Crippen molar-refractivity contribution in [3.8, 4) is 0 Å². The number of aliphatic hydroxyl groups is 1. The minimum absolute atomic E-state index is 0.00738. The highest BCUT2D eigenvalue weighted by Crippen LogP contribution is 2.32. The van der Waals surface area contributed by atoms with E-state index in [1.54, 1.807) is 11.0 Å². The normalized spacial score (nSPS) is 18.9. The van der Waals surface area contributed by atoms with Gasteiger partial charge in [-0.05, 0) is 31.4 Å². The Balaban J connectivity index is 1.84. The van der Waals surface area contributed by atoms with Crippen LogP contribution in [0.4, 0.5) is 13.2 Å². The zero-order valence-electron chi connectivity index (χ0n) is 15.3.